The number of amides is 1. The van der Waals surface area contributed by atoms with Gasteiger partial charge in [-0.05, 0) is 30.7 Å². The Labute approximate surface area is 119 Å². The first-order valence-corrected chi connectivity index (χ1v) is 7.01. The van der Waals surface area contributed by atoms with Crippen molar-refractivity contribution in [2.24, 2.45) is 0 Å². The number of nitrogens with zero attached hydrogens (tertiary/aromatic N) is 2. The Kier molecular flexibility index (Phi) is 5.38. The number of aliphatic hydroxyl groups excluding tert-OH is 1. The van der Waals surface area contributed by atoms with E-state index in [0.717, 1.165) is 44.9 Å². The number of aliphatic hydroxyl groups is 1. The van der Waals surface area contributed by atoms with Crippen LogP contribution in [-0.2, 0) is 0 Å². The molecule has 0 aromatic heterocycles. The maximum atomic E-state index is 12.3. The fourth-order valence-electron chi connectivity index (χ4n) is 2.39. The molecule has 0 unspecified atom stereocenters. The zero-order valence-electron chi connectivity index (χ0n) is 11.9. The Morgan fingerprint density at radius 3 is 2.40 bits per heavy atom. The van der Waals surface area contributed by atoms with Crippen LogP contribution in [0.15, 0.2) is 24.3 Å². The molecule has 0 bridgehead atoms. The van der Waals surface area contributed by atoms with Gasteiger partial charge in [-0.25, -0.2) is 0 Å². The van der Waals surface area contributed by atoms with Gasteiger partial charge in [0.05, 0.1) is 7.11 Å². The van der Waals surface area contributed by atoms with E-state index in [0.29, 0.717) is 5.56 Å². The monoisotopic (exact) mass is 278 g/mol. The van der Waals surface area contributed by atoms with E-state index in [1.165, 1.54) is 0 Å². The van der Waals surface area contributed by atoms with E-state index >= 15 is 0 Å². The highest BCUT2D eigenvalue weighted by Gasteiger charge is 2.21. The summed E-state index contributed by atoms with van der Waals surface area (Å²) < 4.78 is 5.09. The maximum Gasteiger partial charge on any atom is 0.253 e. The van der Waals surface area contributed by atoms with Crippen LogP contribution in [0.5, 0.6) is 5.75 Å². The van der Waals surface area contributed by atoms with Gasteiger partial charge in [0.2, 0.25) is 0 Å². The highest BCUT2D eigenvalue weighted by atomic mass is 16.5. The molecule has 1 amide bonds. The molecule has 1 heterocycles. The second-order valence-corrected chi connectivity index (χ2v) is 4.94. The van der Waals surface area contributed by atoms with Crippen LogP contribution in [0.25, 0.3) is 0 Å². The molecule has 0 atom stereocenters. The molecule has 5 heteroatoms. The van der Waals surface area contributed by atoms with Crippen molar-refractivity contribution < 1.29 is 14.6 Å². The molecule has 110 valence electrons. The lowest BCUT2D eigenvalue weighted by Gasteiger charge is -2.34. The number of methoxy groups -OCH3 is 1. The molecule has 1 aliphatic heterocycles. The third-order valence-electron chi connectivity index (χ3n) is 3.63. The molecule has 1 aromatic carbocycles. The first kappa shape index (κ1) is 14.8. The lowest BCUT2D eigenvalue weighted by molar-refractivity contribution is 0.0629. The zero-order chi connectivity index (χ0) is 14.4. The van der Waals surface area contributed by atoms with Gasteiger partial charge in [0.15, 0.2) is 0 Å². The number of benzene rings is 1. The van der Waals surface area contributed by atoms with E-state index < -0.39 is 0 Å². The molecular weight excluding hydrogens is 256 g/mol. The summed E-state index contributed by atoms with van der Waals surface area (Å²) in [5.74, 6) is 0.838. The molecule has 0 radical (unpaired) electrons. The summed E-state index contributed by atoms with van der Waals surface area (Å²) in [5.41, 5.74) is 0.703. The molecule has 1 aliphatic rings. The van der Waals surface area contributed by atoms with Crippen molar-refractivity contribution in [1.29, 1.82) is 0 Å². The lowest BCUT2D eigenvalue weighted by atomic mass is 10.1. The van der Waals surface area contributed by atoms with E-state index in [2.05, 4.69) is 4.90 Å². The van der Waals surface area contributed by atoms with Crippen molar-refractivity contribution in [3.8, 4) is 5.75 Å². The average Bonchev–Trinajstić information content (AvgIpc) is 2.53. The number of carbonyl (C=O) groups excluding carboxylic acids is 1. The van der Waals surface area contributed by atoms with Crippen LogP contribution in [0.2, 0.25) is 0 Å². The SMILES string of the molecule is COc1ccc(C(=O)N2CCN(CCCO)CC2)cc1. The first-order valence-electron chi connectivity index (χ1n) is 7.01. The summed E-state index contributed by atoms with van der Waals surface area (Å²) in [4.78, 5) is 16.5. The van der Waals surface area contributed by atoms with Crippen LogP contribution in [0.4, 0.5) is 0 Å². The van der Waals surface area contributed by atoms with Gasteiger partial charge < -0.3 is 14.7 Å². The fourth-order valence-corrected chi connectivity index (χ4v) is 2.39. The van der Waals surface area contributed by atoms with Gasteiger partial charge in [-0.3, -0.25) is 9.69 Å². The minimum atomic E-state index is 0.0782. The van der Waals surface area contributed by atoms with Crippen molar-refractivity contribution in [1.82, 2.24) is 9.80 Å². The zero-order valence-corrected chi connectivity index (χ0v) is 11.9. The van der Waals surface area contributed by atoms with Gasteiger partial charge >= 0.3 is 0 Å². The second-order valence-electron chi connectivity index (χ2n) is 4.94. The number of hydrogen-bond acceptors (Lipinski definition) is 4. The third-order valence-corrected chi connectivity index (χ3v) is 3.63. The van der Waals surface area contributed by atoms with Gasteiger partial charge in [-0.15, -0.1) is 0 Å². The molecule has 1 saturated heterocycles. The van der Waals surface area contributed by atoms with Gasteiger partial charge in [-0.2, -0.15) is 0 Å². The largest absolute Gasteiger partial charge is 0.497 e. The Morgan fingerprint density at radius 1 is 1.20 bits per heavy atom. The fraction of sp³-hybridized carbons (Fsp3) is 0.533. The van der Waals surface area contributed by atoms with Gasteiger partial charge in [0, 0.05) is 44.9 Å². The summed E-state index contributed by atoms with van der Waals surface area (Å²) in [6.45, 7) is 4.38. The molecule has 20 heavy (non-hydrogen) atoms. The normalized spacial score (nSPS) is 16.2. The molecule has 1 aromatic rings. The Hall–Kier alpha value is -1.59. The van der Waals surface area contributed by atoms with Gasteiger partial charge in [-0.1, -0.05) is 0 Å². The number of hydrogen-bond donors (Lipinski definition) is 1. The van der Waals surface area contributed by atoms with Crippen molar-refractivity contribution in [3.05, 3.63) is 29.8 Å². The molecule has 0 spiro atoms. The number of piperazine rings is 1. The van der Waals surface area contributed by atoms with Crippen molar-refractivity contribution in [3.63, 3.8) is 0 Å². The van der Waals surface area contributed by atoms with E-state index in [9.17, 15) is 4.79 Å². The molecule has 0 saturated carbocycles. The van der Waals surface area contributed by atoms with Gasteiger partial charge in [0.25, 0.3) is 5.91 Å². The lowest BCUT2D eigenvalue weighted by Crippen LogP contribution is -2.48. The first-order chi connectivity index (χ1) is 9.74. The summed E-state index contributed by atoms with van der Waals surface area (Å²) in [7, 11) is 1.61. The molecule has 5 nitrogen and oxygen atoms in total. The third kappa shape index (κ3) is 3.71. The van der Waals surface area contributed by atoms with E-state index in [-0.39, 0.29) is 12.5 Å². The molecule has 1 N–H and O–H groups in total. The minimum absolute atomic E-state index is 0.0782. The van der Waals surface area contributed by atoms with Crippen LogP contribution in [-0.4, -0.2) is 67.3 Å². The summed E-state index contributed by atoms with van der Waals surface area (Å²) >= 11 is 0. The Bertz CT molecular complexity index is 425. The van der Waals surface area contributed by atoms with Crippen molar-refractivity contribution in [2.45, 2.75) is 6.42 Å². The minimum Gasteiger partial charge on any atom is -0.497 e. The molecular formula is C15H22N2O3. The number of ether oxygens (including phenoxy) is 1. The van der Waals surface area contributed by atoms with Crippen molar-refractivity contribution >= 4 is 5.91 Å². The smallest absolute Gasteiger partial charge is 0.253 e. The van der Waals surface area contributed by atoms with Crippen LogP contribution in [0.1, 0.15) is 16.8 Å². The van der Waals surface area contributed by atoms with Crippen LogP contribution < -0.4 is 4.74 Å². The van der Waals surface area contributed by atoms with Gasteiger partial charge in [0.1, 0.15) is 5.75 Å². The van der Waals surface area contributed by atoms with E-state index in [1.54, 1.807) is 19.2 Å². The van der Waals surface area contributed by atoms with Crippen LogP contribution in [0, 0.1) is 0 Å². The van der Waals surface area contributed by atoms with Crippen molar-refractivity contribution in [2.75, 3.05) is 46.4 Å². The number of carbonyl (C=O) groups is 1. The van der Waals surface area contributed by atoms with E-state index in [4.69, 9.17) is 9.84 Å². The predicted molar refractivity (Wildman–Crippen MR) is 77.0 cm³/mol. The predicted octanol–water partition coefficient (Wildman–Crippen LogP) is 0.835. The highest BCUT2D eigenvalue weighted by Crippen LogP contribution is 2.14. The molecule has 1 fully saturated rings. The quantitative estimate of drug-likeness (QED) is 0.867. The maximum absolute atomic E-state index is 12.3. The molecule has 2 rings (SSSR count). The Balaban J connectivity index is 1.87. The van der Waals surface area contributed by atoms with Crippen LogP contribution in [0.3, 0.4) is 0 Å². The summed E-state index contributed by atoms with van der Waals surface area (Å²) in [5, 5.41) is 8.83. The number of rotatable bonds is 5. The molecule has 0 aliphatic carbocycles. The standard InChI is InChI=1S/C15H22N2O3/c1-20-14-5-3-13(4-6-14)15(19)17-10-8-16(9-11-17)7-2-12-18/h3-6,18H,2,7-12H2,1H3. The second kappa shape index (κ2) is 7.26. The highest BCUT2D eigenvalue weighted by molar-refractivity contribution is 5.94. The summed E-state index contributed by atoms with van der Waals surface area (Å²) in [6, 6.07) is 7.23. The Morgan fingerprint density at radius 2 is 1.85 bits per heavy atom. The van der Waals surface area contributed by atoms with Crippen LogP contribution >= 0.6 is 0 Å². The topological polar surface area (TPSA) is 53.0 Å². The summed E-state index contributed by atoms with van der Waals surface area (Å²) in [6.07, 6.45) is 0.798. The van der Waals surface area contributed by atoms with E-state index in [1.807, 2.05) is 17.0 Å². The average molecular weight is 278 g/mol.